The van der Waals surface area contributed by atoms with Crippen LogP contribution in [-0.2, 0) is 4.79 Å². The van der Waals surface area contributed by atoms with Gasteiger partial charge in [-0.05, 0) is 48.4 Å². The largest absolute Gasteiger partial charge is 0.375 e. The first-order chi connectivity index (χ1) is 15.2. The van der Waals surface area contributed by atoms with E-state index in [0.717, 1.165) is 48.5 Å². The highest BCUT2D eigenvalue weighted by Crippen LogP contribution is 2.32. The van der Waals surface area contributed by atoms with Gasteiger partial charge in [0, 0.05) is 41.4 Å². The lowest BCUT2D eigenvalue weighted by molar-refractivity contribution is -0.122. The smallest absolute Gasteiger partial charge is 0.155 e. The van der Waals surface area contributed by atoms with E-state index in [1.165, 1.54) is 0 Å². The highest BCUT2D eigenvalue weighted by atomic mass is 35.5. The molecule has 1 fully saturated rings. The Hall–Kier alpha value is -2.31. The van der Waals surface area contributed by atoms with Gasteiger partial charge in [0.15, 0.2) is 5.78 Å². The molecule has 1 aliphatic rings. The Morgan fingerprint density at radius 3 is 2.72 bits per heavy atom. The van der Waals surface area contributed by atoms with Crippen LogP contribution < -0.4 is 10.2 Å². The first-order valence-corrected chi connectivity index (χ1v) is 11.7. The maximum absolute atomic E-state index is 13.5. The number of anilines is 2. The van der Waals surface area contributed by atoms with E-state index in [2.05, 4.69) is 45.9 Å². The van der Waals surface area contributed by atoms with Crippen molar-refractivity contribution >= 4 is 51.5 Å². The minimum absolute atomic E-state index is 0.204. The van der Waals surface area contributed by atoms with Crippen molar-refractivity contribution in [2.24, 2.45) is 11.3 Å². The van der Waals surface area contributed by atoms with Crippen molar-refractivity contribution in [1.82, 2.24) is 15.0 Å². The van der Waals surface area contributed by atoms with Crippen LogP contribution in [0.2, 0.25) is 10.0 Å². The minimum Gasteiger partial charge on any atom is -0.375 e. The van der Waals surface area contributed by atoms with E-state index in [9.17, 15) is 4.79 Å². The average molecular weight is 474 g/mol. The topological polar surface area (TPSA) is 73.9 Å². The van der Waals surface area contributed by atoms with E-state index in [-0.39, 0.29) is 23.2 Å². The Morgan fingerprint density at radius 1 is 1.25 bits per heavy atom. The number of hydrogen-bond acceptors (Lipinski definition) is 5. The van der Waals surface area contributed by atoms with Gasteiger partial charge in [0.2, 0.25) is 0 Å². The lowest BCUT2D eigenvalue weighted by Crippen LogP contribution is -2.44. The fourth-order valence-corrected chi connectivity index (χ4v) is 5.05. The molecule has 2 aromatic heterocycles. The zero-order valence-corrected chi connectivity index (χ0v) is 20.2. The van der Waals surface area contributed by atoms with Gasteiger partial charge in [-0.3, -0.25) is 4.79 Å². The molecule has 4 rings (SSSR count). The highest BCUT2D eigenvalue weighted by molar-refractivity contribution is 6.35. The summed E-state index contributed by atoms with van der Waals surface area (Å²) in [6.45, 7) is 7.97. The predicted octanol–water partition coefficient (Wildman–Crippen LogP) is 5.97. The molecule has 0 saturated carbocycles. The zero-order chi connectivity index (χ0) is 22.9. The third-order valence-corrected chi connectivity index (χ3v) is 6.44. The van der Waals surface area contributed by atoms with E-state index in [1.807, 2.05) is 12.3 Å². The Bertz CT molecular complexity index is 1090. The van der Waals surface area contributed by atoms with Crippen molar-refractivity contribution in [2.45, 2.75) is 46.1 Å². The predicted molar refractivity (Wildman–Crippen MR) is 132 cm³/mol. The molecular weight excluding hydrogens is 445 g/mol. The molecule has 32 heavy (non-hydrogen) atoms. The monoisotopic (exact) mass is 473 g/mol. The number of piperidine rings is 1. The molecule has 0 unspecified atom stereocenters. The minimum atomic E-state index is -0.345. The van der Waals surface area contributed by atoms with Gasteiger partial charge in [0.1, 0.15) is 17.8 Å². The molecule has 1 aromatic carbocycles. The van der Waals surface area contributed by atoms with Crippen LogP contribution >= 0.6 is 23.2 Å². The van der Waals surface area contributed by atoms with E-state index in [4.69, 9.17) is 23.2 Å². The van der Waals surface area contributed by atoms with Gasteiger partial charge < -0.3 is 15.2 Å². The molecule has 0 radical (unpaired) electrons. The Balaban J connectivity index is 1.48. The van der Waals surface area contributed by atoms with Gasteiger partial charge in [-0.15, -0.1) is 0 Å². The summed E-state index contributed by atoms with van der Waals surface area (Å²) < 4.78 is 0. The highest BCUT2D eigenvalue weighted by Gasteiger charge is 2.34. The molecule has 8 heteroatoms. The van der Waals surface area contributed by atoms with Crippen LogP contribution in [0.25, 0.3) is 11.0 Å². The SMILES string of the molecule is CC(C)(C)[C@@H](Nc1cc(Cl)cc(Cl)c1)C(=O)C[C@@H]1CCCN(c2ncnc3[nH]ccc23)C1. The molecule has 6 nitrogen and oxygen atoms in total. The number of ketones is 1. The second kappa shape index (κ2) is 9.28. The third kappa shape index (κ3) is 5.18. The van der Waals surface area contributed by atoms with Crippen LogP contribution in [0.15, 0.2) is 36.8 Å². The number of benzene rings is 1. The average Bonchev–Trinajstić information content (AvgIpc) is 3.19. The van der Waals surface area contributed by atoms with Gasteiger partial charge in [-0.2, -0.15) is 0 Å². The first kappa shape index (κ1) is 22.9. The number of H-pyrrole nitrogens is 1. The number of nitrogens with zero attached hydrogens (tertiary/aromatic N) is 3. The number of rotatable bonds is 6. The molecule has 0 spiro atoms. The lowest BCUT2D eigenvalue weighted by atomic mass is 9.80. The molecule has 2 N–H and O–H groups in total. The molecule has 3 aromatic rings. The maximum atomic E-state index is 13.5. The molecule has 0 bridgehead atoms. The fraction of sp³-hybridized carbons (Fsp3) is 0.458. The molecule has 0 aliphatic carbocycles. The number of Topliss-reactive ketones (excluding diaryl/α,β-unsaturated/α-hetero) is 1. The van der Waals surface area contributed by atoms with Crippen molar-refractivity contribution in [3.63, 3.8) is 0 Å². The first-order valence-electron chi connectivity index (χ1n) is 11.0. The molecule has 3 heterocycles. The van der Waals surface area contributed by atoms with Crippen LogP contribution in [0.1, 0.15) is 40.0 Å². The molecule has 170 valence electrons. The summed E-state index contributed by atoms with van der Waals surface area (Å²) in [5, 5.41) is 5.51. The lowest BCUT2D eigenvalue weighted by Gasteiger charge is -2.36. The Labute approximate surface area is 198 Å². The summed E-state index contributed by atoms with van der Waals surface area (Å²) in [6.07, 6.45) is 6.06. The van der Waals surface area contributed by atoms with E-state index < -0.39 is 0 Å². The second-order valence-electron chi connectivity index (χ2n) is 9.66. The summed E-state index contributed by atoms with van der Waals surface area (Å²) in [5.74, 6) is 1.41. The van der Waals surface area contributed by atoms with E-state index in [1.54, 1.807) is 24.5 Å². The Kier molecular flexibility index (Phi) is 6.63. The van der Waals surface area contributed by atoms with Gasteiger partial charge in [0.25, 0.3) is 0 Å². The number of carbonyl (C=O) groups is 1. The van der Waals surface area contributed by atoms with Gasteiger partial charge >= 0.3 is 0 Å². The molecule has 0 amide bonds. The summed E-state index contributed by atoms with van der Waals surface area (Å²) in [6, 6.07) is 6.96. The maximum Gasteiger partial charge on any atom is 0.155 e. The second-order valence-corrected chi connectivity index (χ2v) is 10.5. The van der Waals surface area contributed by atoms with Crippen molar-refractivity contribution in [2.75, 3.05) is 23.3 Å². The number of fused-ring (bicyclic) bond motifs is 1. The molecular formula is C24H29Cl2N5O. The van der Waals surface area contributed by atoms with Gasteiger partial charge in [0.05, 0.1) is 11.4 Å². The summed E-state index contributed by atoms with van der Waals surface area (Å²) in [4.78, 5) is 27.7. The molecule has 1 saturated heterocycles. The number of hydrogen-bond donors (Lipinski definition) is 2. The quantitative estimate of drug-likeness (QED) is 0.461. The van der Waals surface area contributed by atoms with E-state index >= 15 is 0 Å². The fourth-order valence-electron chi connectivity index (χ4n) is 4.52. The Morgan fingerprint density at radius 2 is 2.00 bits per heavy atom. The summed E-state index contributed by atoms with van der Waals surface area (Å²) in [7, 11) is 0. The number of carbonyl (C=O) groups excluding carboxylic acids is 1. The van der Waals surface area contributed by atoms with E-state index in [0.29, 0.717) is 16.5 Å². The van der Waals surface area contributed by atoms with Gasteiger partial charge in [-0.25, -0.2) is 9.97 Å². The molecule has 2 atom stereocenters. The zero-order valence-electron chi connectivity index (χ0n) is 18.7. The van der Waals surface area contributed by atoms with Crippen LogP contribution in [0.5, 0.6) is 0 Å². The third-order valence-electron chi connectivity index (χ3n) is 6.00. The van der Waals surface area contributed by atoms with Crippen molar-refractivity contribution in [3.05, 3.63) is 46.8 Å². The molecule has 1 aliphatic heterocycles. The normalized spacial score (nSPS) is 18.0. The summed E-state index contributed by atoms with van der Waals surface area (Å²) in [5.41, 5.74) is 1.34. The van der Waals surface area contributed by atoms with Crippen LogP contribution in [0, 0.1) is 11.3 Å². The van der Waals surface area contributed by atoms with Crippen molar-refractivity contribution in [1.29, 1.82) is 0 Å². The van der Waals surface area contributed by atoms with Crippen LogP contribution in [-0.4, -0.2) is 39.9 Å². The number of aromatic amines is 1. The number of aromatic nitrogens is 3. The van der Waals surface area contributed by atoms with Crippen LogP contribution in [0.3, 0.4) is 0 Å². The van der Waals surface area contributed by atoms with Crippen LogP contribution in [0.4, 0.5) is 11.5 Å². The number of nitrogens with one attached hydrogen (secondary N) is 2. The van der Waals surface area contributed by atoms with Gasteiger partial charge in [-0.1, -0.05) is 44.0 Å². The van der Waals surface area contributed by atoms with Crippen molar-refractivity contribution < 1.29 is 4.79 Å². The summed E-state index contributed by atoms with van der Waals surface area (Å²) >= 11 is 12.3. The van der Waals surface area contributed by atoms with Crippen molar-refractivity contribution in [3.8, 4) is 0 Å². The number of halogens is 2. The standard InChI is InChI=1S/C24H29Cl2N5O/c1-24(2,3)21(30-18-11-16(25)10-17(26)12-18)20(32)9-15-5-4-8-31(13-15)23-19-6-7-27-22(19)28-14-29-23/h6-7,10-12,14-15,21,30H,4-5,8-9,13H2,1-3H3,(H,27,28,29)/t15-,21-/m0/s1.